The van der Waals surface area contributed by atoms with E-state index < -0.39 is 0 Å². The van der Waals surface area contributed by atoms with Crippen LogP contribution in [-0.2, 0) is 6.54 Å². The highest BCUT2D eigenvalue weighted by Gasteiger charge is 2.21. The summed E-state index contributed by atoms with van der Waals surface area (Å²) in [4.78, 5) is 0. The molecule has 2 nitrogen and oxygen atoms in total. The molecule has 0 heterocycles. The van der Waals surface area contributed by atoms with E-state index in [9.17, 15) is 0 Å². The molecule has 0 aliphatic heterocycles. The minimum atomic E-state index is 0.428. The Hall–Kier alpha value is -1.02. The predicted molar refractivity (Wildman–Crippen MR) is 80.5 cm³/mol. The fourth-order valence-corrected chi connectivity index (χ4v) is 2.85. The Labute approximate surface area is 117 Å². The smallest absolute Gasteiger partial charge is 0.120 e. The zero-order valence-corrected chi connectivity index (χ0v) is 12.3. The van der Waals surface area contributed by atoms with Gasteiger partial charge in [0.05, 0.1) is 6.10 Å². The van der Waals surface area contributed by atoms with Crippen LogP contribution in [0.25, 0.3) is 0 Å². The maximum absolute atomic E-state index is 6.14. The van der Waals surface area contributed by atoms with Crippen LogP contribution in [0.1, 0.15) is 51.5 Å². The summed E-state index contributed by atoms with van der Waals surface area (Å²) in [5.74, 6) is 1.97. The molecule has 0 aromatic heterocycles. The van der Waals surface area contributed by atoms with Crippen LogP contribution in [0.5, 0.6) is 5.75 Å². The third-order valence-corrected chi connectivity index (χ3v) is 4.15. The summed E-state index contributed by atoms with van der Waals surface area (Å²) < 4.78 is 6.14. The minimum absolute atomic E-state index is 0.428. The molecule has 106 valence electrons. The van der Waals surface area contributed by atoms with Crippen molar-refractivity contribution in [2.75, 3.05) is 6.54 Å². The maximum atomic E-state index is 6.14. The molecule has 1 saturated carbocycles. The Balaban J connectivity index is 1.85. The summed E-state index contributed by atoms with van der Waals surface area (Å²) in [5.41, 5.74) is 1.31. The summed E-state index contributed by atoms with van der Waals surface area (Å²) in [5, 5.41) is 3.35. The maximum Gasteiger partial charge on any atom is 0.120 e. The van der Waals surface area contributed by atoms with Crippen molar-refractivity contribution in [3.8, 4) is 5.75 Å². The average Bonchev–Trinajstić information content (AvgIpc) is 2.46. The first kappa shape index (κ1) is 14.4. The summed E-state index contributed by atoms with van der Waals surface area (Å²) >= 11 is 0. The SMILES string of the molecule is CCNCc1cccc(OC2CCC(CC)CC2)c1. The Morgan fingerprint density at radius 1 is 1.16 bits per heavy atom. The van der Waals surface area contributed by atoms with Crippen LogP contribution in [-0.4, -0.2) is 12.6 Å². The van der Waals surface area contributed by atoms with E-state index in [2.05, 4.69) is 43.4 Å². The van der Waals surface area contributed by atoms with Gasteiger partial charge in [-0.15, -0.1) is 0 Å². The van der Waals surface area contributed by atoms with Gasteiger partial charge < -0.3 is 10.1 Å². The quantitative estimate of drug-likeness (QED) is 0.831. The van der Waals surface area contributed by atoms with Gasteiger partial charge in [-0.05, 0) is 55.8 Å². The standard InChI is InChI=1S/C17H27NO/c1-3-14-8-10-16(11-9-14)19-17-7-5-6-15(12-17)13-18-4-2/h5-7,12,14,16,18H,3-4,8-11,13H2,1-2H3. The average molecular weight is 261 g/mol. The van der Waals surface area contributed by atoms with Gasteiger partial charge in [0.2, 0.25) is 0 Å². The minimum Gasteiger partial charge on any atom is -0.490 e. The molecule has 0 unspecified atom stereocenters. The molecule has 1 fully saturated rings. The van der Waals surface area contributed by atoms with E-state index in [0.29, 0.717) is 6.10 Å². The first-order valence-electron chi connectivity index (χ1n) is 7.78. The Morgan fingerprint density at radius 2 is 1.95 bits per heavy atom. The summed E-state index contributed by atoms with van der Waals surface area (Å²) in [6, 6.07) is 8.51. The molecular weight excluding hydrogens is 234 g/mol. The third-order valence-electron chi connectivity index (χ3n) is 4.15. The van der Waals surface area contributed by atoms with Crippen molar-refractivity contribution in [2.45, 2.75) is 58.6 Å². The molecule has 19 heavy (non-hydrogen) atoms. The molecule has 0 bridgehead atoms. The van der Waals surface area contributed by atoms with Gasteiger partial charge in [-0.2, -0.15) is 0 Å². The van der Waals surface area contributed by atoms with Crippen molar-refractivity contribution >= 4 is 0 Å². The van der Waals surface area contributed by atoms with Gasteiger partial charge >= 0.3 is 0 Å². The first-order chi connectivity index (χ1) is 9.31. The highest BCUT2D eigenvalue weighted by Crippen LogP contribution is 2.29. The van der Waals surface area contributed by atoms with E-state index in [0.717, 1.165) is 24.8 Å². The molecule has 0 saturated heterocycles. The van der Waals surface area contributed by atoms with Crippen molar-refractivity contribution in [3.63, 3.8) is 0 Å². The second-order valence-electron chi connectivity index (χ2n) is 5.60. The largest absolute Gasteiger partial charge is 0.490 e. The van der Waals surface area contributed by atoms with Crippen LogP contribution in [0.2, 0.25) is 0 Å². The lowest BCUT2D eigenvalue weighted by Crippen LogP contribution is -2.24. The number of hydrogen-bond donors (Lipinski definition) is 1. The van der Waals surface area contributed by atoms with Gasteiger partial charge in [0.25, 0.3) is 0 Å². The van der Waals surface area contributed by atoms with E-state index in [1.807, 2.05) is 0 Å². The molecule has 0 amide bonds. The molecule has 0 radical (unpaired) electrons. The number of ether oxygens (including phenoxy) is 1. The topological polar surface area (TPSA) is 21.3 Å². The van der Waals surface area contributed by atoms with Crippen LogP contribution in [0.15, 0.2) is 24.3 Å². The Bertz CT molecular complexity index is 369. The monoisotopic (exact) mass is 261 g/mol. The van der Waals surface area contributed by atoms with Crippen molar-refractivity contribution < 1.29 is 4.74 Å². The number of rotatable bonds is 6. The highest BCUT2D eigenvalue weighted by molar-refractivity contribution is 5.28. The normalized spacial score (nSPS) is 23.3. The Morgan fingerprint density at radius 3 is 2.63 bits per heavy atom. The van der Waals surface area contributed by atoms with Gasteiger partial charge in [-0.1, -0.05) is 32.4 Å². The van der Waals surface area contributed by atoms with Gasteiger partial charge in [0.1, 0.15) is 5.75 Å². The lowest BCUT2D eigenvalue weighted by atomic mass is 9.86. The van der Waals surface area contributed by atoms with Gasteiger partial charge in [0, 0.05) is 6.54 Å². The van der Waals surface area contributed by atoms with Gasteiger partial charge in [0.15, 0.2) is 0 Å². The fourth-order valence-electron chi connectivity index (χ4n) is 2.85. The van der Waals surface area contributed by atoms with Crippen LogP contribution < -0.4 is 10.1 Å². The van der Waals surface area contributed by atoms with Crippen LogP contribution in [0.3, 0.4) is 0 Å². The van der Waals surface area contributed by atoms with Crippen molar-refractivity contribution in [3.05, 3.63) is 29.8 Å². The fraction of sp³-hybridized carbons (Fsp3) is 0.647. The number of benzene rings is 1. The molecule has 2 rings (SSSR count). The molecule has 1 aromatic carbocycles. The molecule has 0 spiro atoms. The third kappa shape index (κ3) is 4.54. The van der Waals surface area contributed by atoms with Crippen LogP contribution in [0, 0.1) is 5.92 Å². The van der Waals surface area contributed by atoms with Crippen molar-refractivity contribution in [1.82, 2.24) is 5.32 Å². The second-order valence-corrected chi connectivity index (χ2v) is 5.60. The Kier molecular flexibility index (Phi) is 5.71. The molecule has 1 aromatic rings. The van der Waals surface area contributed by atoms with Crippen molar-refractivity contribution in [2.24, 2.45) is 5.92 Å². The summed E-state index contributed by atoms with van der Waals surface area (Å²) in [7, 11) is 0. The van der Waals surface area contributed by atoms with Gasteiger partial charge in [-0.3, -0.25) is 0 Å². The summed E-state index contributed by atoms with van der Waals surface area (Å²) in [6.45, 7) is 6.37. The molecule has 1 aliphatic carbocycles. The van der Waals surface area contributed by atoms with E-state index in [1.165, 1.54) is 37.7 Å². The van der Waals surface area contributed by atoms with Crippen molar-refractivity contribution in [1.29, 1.82) is 0 Å². The first-order valence-corrected chi connectivity index (χ1v) is 7.78. The predicted octanol–water partition coefficient (Wildman–Crippen LogP) is 4.14. The molecule has 1 aliphatic rings. The lowest BCUT2D eigenvalue weighted by Gasteiger charge is -2.28. The summed E-state index contributed by atoms with van der Waals surface area (Å²) in [6.07, 6.45) is 6.85. The molecule has 2 heteroatoms. The zero-order chi connectivity index (χ0) is 13.5. The van der Waals surface area contributed by atoms with E-state index in [4.69, 9.17) is 4.74 Å². The highest BCUT2D eigenvalue weighted by atomic mass is 16.5. The molecule has 0 atom stereocenters. The zero-order valence-electron chi connectivity index (χ0n) is 12.3. The molecular formula is C17H27NO. The van der Waals surface area contributed by atoms with Crippen LogP contribution >= 0.6 is 0 Å². The number of nitrogens with one attached hydrogen (secondary N) is 1. The van der Waals surface area contributed by atoms with Crippen LogP contribution in [0.4, 0.5) is 0 Å². The van der Waals surface area contributed by atoms with E-state index >= 15 is 0 Å². The molecule has 1 N–H and O–H groups in total. The van der Waals surface area contributed by atoms with E-state index in [-0.39, 0.29) is 0 Å². The lowest BCUT2D eigenvalue weighted by molar-refractivity contribution is 0.130. The van der Waals surface area contributed by atoms with Gasteiger partial charge in [-0.25, -0.2) is 0 Å². The number of hydrogen-bond acceptors (Lipinski definition) is 2. The van der Waals surface area contributed by atoms with E-state index in [1.54, 1.807) is 0 Å². The second kappa shape index (κ2) is 7.54.